The number of allylic oxidation sites excluding steroid dienone is 1. The number of rotatable bonds is 5. The first-order valence-corrected chi connectivity index (χ1v) is 4.87. The molecule has 4 heteroatoms. The molecule has 1 rings (SSSR count). The maximum absolute atomic E-state index is 7.32. The van der Waals surface area contributed by atoms with Crippen molar-refractivity contribution in [2.75, 3.05) is 0 Å². The summed E-state index contributed by atoms with van der Waals surface area (Å²) in [6.45, 7) is 5.03. The highest BCUT2D eigenvalue weighted by atomic mass is 16.5. The van der Waals surface area contributed by atoms with Gasteiger partial charge in [-0.05, 0) is 32.6 Å². The van der Waals surface area contributed by atoms with Crippen LogP contribution in [0.1, 0.15) is 32.6 Å². The van der Waals surface area contributed by atoms with Crippen LogP contribution in [0.15, 0.2) is 17.1 Å². The molecule has 78 valence electrons. The number of hydrogen-bond acceptors (Lipinski definition) is 4. The third kappa shape index (κ3) is 3.60. The summed E-state index contributed by atoms with van der Waals surface area (Å²) < 4.78 is 5.64. The molecule has 0 spiro atoms. The quantitative estimate of drug-likeness (QED) is 0.400. The Morgan fingerprint density at radius 2 is 2.21 bits per heavy atom. The van der Waals surface area contributed by atoms with Gasteiger partial charge in [0.05, 0.1) is 0 Å². The zero-order valence-corrected chi connectivity index (χ0v) is 8.55. The molecule has 2 N–H and O–H groups in total. The average Bonchev–Trinajstić information content (AvgIpc) is 2.56. The molecule has 0 radical (unpaired) electrons. The van der Waals surface area contributed by atoms with Crippen LogP contribution < -0.4 is 5.43 Å². The summed E-state index contributed by atoms with van der Waals surface area (Å²) >= 11 is 0. The smallest absolute Gasteiger partial charge is 0.209 e. The number of nitrogens with one attached hydrogen (secondary N) is 2. The molecule has 1 aliphatic carbocycles. The van der Waals surface area contributed by atoms with Gasteiger partial charge in [-0.3, -0.25) is 0 Å². The Bertz CT molecular complexity index is 242. The fraction of sp³-hybridized carbons (Fsp3) is 0.600. The molecule has 0 saturated heterocycles. The van der Waals surface area contributed by atoms with E-state index in [4.69, 9.17) is 10.1 Å². The molecule has 0 aromatic heterocycles. The highest BCUT2D eigenvalue weighted by molar-refractivity contribution is 5.90. The number of hydrazone groups is 1. The molecular formula is C10H17N3O. The van der Waals surface area contributed by atoms with Crippen molar-refractivity contribution in [2.24, 2.45) is 5.10 Å². The molecule has 0 aromatic rings. The fourth-order valence-electron chi connectivity index (χ4n) is 1.55. The Balaban J connectivity index is 2.49. The van der Waals surface area contributed by atoms with Gasteiger partial charge in [-0.15, -0.1) is 0 Å². The molecule has 0 heterocycles. The van der Waals surface area contributed by atoms with Gasteiger partial charge in [-0.1, -0.05) is 0 Å². The van der Waals surface area contributed by atoms with Crippen LogP contribution in [0.25, 0.3) is 0 Å². The molecule has 0 bridgehead atoms. The van der Waals surface area contributed by atoms with E-state index < -0.39 is 0 Å². The Labute approximate surface area is 84.5 Å². The van der Waals surface area contributed by atoms with Crippen molar-refractivity contribution in [1.29, 1.82) is 5.41 Å². The first-order chi connectivity index (χ1) is 6.72. The summed E-state index contributed by atoms with van der Waals surface area (Å²) in [5.74, 6) is 0.527. The Kier molecular flexibility index (Phi) is 4.16. The molecular weight excluding hydrogens is 178 g/mol. The summed E-state index contributed by atoms with van der Waals surface area (Å²) in [5.41, 5.74) is 3.09. The van der Waals surface area contributed by atoms with Gasteiger partial charge >= 0.3 is 0 Å². The lowest BCUT2D eigenvalue weighted by Gasteiger charge is -2.15. The summed E-state index contributed by atoms with van der Waals surface area (Å²) in [6.07, 6.45) is 6.52. The zero-order valence-electron chi connectivity index (χ0n) is 8.55. The number of hydrogen-bond donors (Lipinski definition) is 2. The monoisotopic (exact) mass is 195 g/mol. The molecule has 1 saturated carbocycles. The largest absolute Gasteiger partial charge is 0.475 e. The van der Waals surface area contributed by atoms with Gasteiger partial charge in [0.2, 0.25) is 5.88 Å². The van der Waals surface area contributed by atoms with Crippen LogP contribution in [-0.2, 0) is 4.74 Å². The van der Waals surface area contributed by atoms with Crippen molar-refractivity contribution in [3.05, 3.63) is 12.0 Å². The van der Waals surface area contributed by atoms with E-state index in [1.165, 1.54) is 12.8 Å². The SMILES string of the molecule is C=NN/C(=C\C(C)=N)OC1CCCC1. The predicted molar refractivity (Wildman–Crippen MR) is 57.5 cm³/mol. The minimum atomic E-state index is 0.273. The summed E-state index contributed by atoms with van der Waals surface area (Å²) in [6, 6.07) is 0. The lowest BCUT2D eigenvalue weighted by molar-refractivity contribution is 0.108. The molecule has 1 fully saturated rings. The minimum Gasteiger partial charge on any atom is -0.475 e. The molecule has 0 atom stereocenters. The van der Waals surface area contributed by atoms with Gasteiger partial charge in [-0.25, -0.2) is 5.43 Å². The van der Waals surface area contributed by atoms with Crippen LogP contribution in [0, 0.1) is 5.41 Å². The third-order valence-electron chi connectivity index (χ3n) is 2.13. The third-order valence-corrected chi connectivity index (χ3v) is 2.13. The lowest BCUT2D eigenvalue weighted by atomic mass is 10.3. The van der Waals surface area contributed by atoms with Gasteiger partial charge in [-0.2, -0.15) is 5.10 Å². The Hall–Kier alpha value is -1.32. The Morgan fingerprint density at radius 1 is 1.57 bits per heavy atom. The first-order valence-electron chi connectivity index (χ1n) is 4.87. The van der Waals surface area contributed by atoms with Crippen molar-refractivity contribution in [3.8, 4) is 0 Å². The second-order valence-corrected chi connectivity index (χ2v) is 3.49. The molecule has 14 heavy (non-hydrogen) atoms. The van der Waals surface area contributed by atoms with E-state index in [-0.39, 0.29) is 6.10 Å². The van der Waals surface area contributed by atoms with Crippen LogP contribution in [0.2, 0.25) is 0 Å². The standard InChI is InChI=1S/C10H17N3O/c1-8(11)7-10(13-12-2)14-9-5-3-4-6-9/h7,9,11,13H,2-6H2,1H3/b10-7+,11-8?. The van der Waals surface area contributed by atoms with Crippen molar-refractivity contribution in [2.45, 2.75) is 38.7 Å². The van der Waals surface area contributed by atoms with Crippen LogP contribution >= 0.6 is 0 Å². The Morgan fingerprint density at radius 3 is 2.71 bits per heavy atom. The van der Waals surface area contributed by atoms with Crippen LogP contribution in [0.3, 0.4) is 0 Å². The van der Waals surface area contributed by atoms with Crippen LogP contribution in [-0.4, -0.2) is 18.5 Å². The summed E-state index contributed by atoms with van der Waals surface area (Å²) in [4.78, 5) is 0. The van der Waals surface area contributed by atoms with Gasteiger partial charge < -0.3 is 10.1 Å². The van der Waals surface area contributed by atoms with Crippen molar-refractivity contribution >= 4 is 12.4 Å². The summed E-state index contributed by atoms with van der Waals surface area (Å²) in [7, 11) is 0. The topological polar surface area (TPSA) is 57.5 Å². The van der Waals surface area contributed by atoms with Crippen LogP contribution in [0.5, 0.6) is 0 Å². The van der Waals surface area contributed by atoms with Crippen LogP contribution in [0.4, 0.5) is 0 Å². The van der Waals surface area contributed by atoms with Gasteiger partial charge in [0.1, 0.15) is 6.10 Å². The van der Waals surface area contributed by atoms with Gasteiger partial charge in [0.25, 0.3) is 0 Å². The van der Waals surface area contributed by atoms with Crippen molar-refractivity contribution in [1.82, 2.24) is 5.43 Å². The van der Waals surface area contributed by atoms with E-state index in [1.54, 1.807) is 13.0 Å². The molecule has 0 aromatic carbocycles. The van der Waals surface area contributed by atoms with E-state index >= 15 is 0 Å². The average molecular weight is 195 g/mol. The number of ether oxygens (including phenoxy) is 1. The van der Waals surface area contributed by atoms with E-state index in [1.807, 2.05) is 0 Å². The molecule has 0 amide bonds. The van der Waals surface area contributed by atoms with Crippen molar-refractivity contribution in [3.63, 3.8) is 0 Å². The maximum atomic E-state index is 7.32. The second kappa shape index (κ2) is 5.42. The maximum Gasteiger partial charge on any atom is 0.209 e. The van der Waals surface area contributed by atoms with E-state index in [0.29, 0.717) is 11.6 Å². The minimum absolute atomic E-state index is 0.273. The predicted octanol–water partition coefficient (Wildman–Crippen LogP) is 2.03. The fourth-order valence-corrected chi connectivity index (χ4v) is 1.55. The molecule has 0 unspecified atom stereocenters. The van der Waals surface area contributed by atoms with E-state index in [0.717, 1.165) is 12.8 Å². The molecule has 1 aliphatic rings. The number of nitrogens with zero attached hydrogens (tertiary/aromatic N) is 1. The van der Waals surface area contributed by atoms with Gasteiger partial charge in [0, 0.05) is 18.5 Å². The van der Waals surface area contributed by atoms with E-state index in [9.17, 15) is 0 Å². The second-order valence-electron chi connectivity index (χ2n) is 3.49. The zero-order chi connectivity index (χ0) is 10.4. The lowest BCUT2D eigenvalue weighted by Crippen LogP contribution is -2.16. The van der Waals surface area contributed by atoms with Crippen molar-refractivity contribution < 1.29 is 4.74 Å². The highest BCUT2D eigenvalue weighted by Gasteiger charge is 2.17. The highest BCUT2D eigenvalue weighted by Crippen LogP contribution is 2.22. The van der Waals surface area contributed by atoms with Gasteiger partial charge in [0.15, 0.2) is 0 Å². The molecule has 4 nitrogen and oxygen atoms in total. The summed E-state index contributed by atoms with van der Waals surface area (Å²) in [5, 5.41) is 10.9. The first kappa shape index (κ1) is 10.8. The van der Waals surface area contributed by atoms with E-state index in [2.05, 4.69) is 17.2 Å². The normalized spacial score (nSPS) is 17.9. The molecule has 0 aliphatic heterocycles.